The van der Waals surface area contributed by atoms with Crippen molar-refractivity contribution in [3.8, 4) is 0 Å². The highest BCUT2D eigenvalue weighted by molar-refractivity contribution is 5.79. The van der Waals surface area contributed by atoms with Crippen molar-refractivity contribution in [1.29, 1.82) is 0 Å². The van der Waals surface area contributed by atoms with Crippen LogP contribution >= 0.6 is 0 Å². The van der Waals surface area contributed by atoms with Crippen LogP contribution in [0, 0.1) is 6.92 Å². The predicted octanol–water partition coefficient (Wildman–Crippen LogP) is 2.22. The van der Waals surface area contributed by atoms with Crippen LogP contribution in [0.15, 0.2) is 41.5 Å². The molecule has 0 bridgehead atoms. The number of aromatic nitrogens is 3. The monoisotopic (exact) mass is 340 g/mol. The Kier molecular flexibility index (Phi) is 5.31. The molecule has 0 aliphatic heterocycles. The van der Waals surface area contributed by atoms with Gasteiger partial charge in [0, 0.05) is 68.2 Å². The minimum Gasteiger partial charge on any atom is -0.383 e. The maximum absolute atomic E-state index is 12.4. The van der Waals surface area contributed by atoms with E-state index in [2.05, 4.69) is 15.0 Å². The molecule has 0 atom stereocenters. The third kappa shape index (κ3) is 4.35. The molecule has 2 heterocycles. The SMILES string of the molecule is COCCN(Cc1cnn(C)c1)Cc1cc(=O)c2cc(C)ccc2[nH]1. The Morgan fingerprint density at radius 2 is 2.12 bits per heavy atom. The molecule has 6 heteroatoms. The number of hydrogen-bond acceptors (Lipinski definition) is 4. The van der Waals surface area contributed by atoms with Gasteiger partial charge in [-0.15, -0.1) is 0 Å². The Labute approximate surface area is 147 Å². The average Bonchev–Trinajstić information content (AvgIpc) is 2.98. The van der Waals surface area contributed by atoms with Gasteiger partial charge in [-0.1, -0.05) is 11.6 Å². The highest BCUT2D eigenvalue weighted by Crippen LogP contribution is 2.13. The summed E-state index contributed by atoms with van der Waals surface area (Å²) in [4.78, 5) is 18.1. The van der Waals surface area contributed by atoms with Crippen LogP contribution in [0.3, 0.4) is 0 Å². The van der Waals surface area contributed by atoms with Crippen LogP contribution in [0.2, 0.25) is 0 Å². The van der Waals surface area contributed by atoms with E-state index in [0.717, 1.165) is 40.8 Å². The van der Waals surface area contributed by atoms with Gasteiger partial charge in [-0.25, -0.2) is 0 Å². The summed E-state index contributed by atoms with van der Waals surface area (Å²) < 4.78 is 7.02. The van der Waals surface area contributed by atoms with Crippen LogP contribution in [-0.2, 0) is 24.9 Å². The molecule has 0 radical (unpaired) electrons. The largest absolute Gasteiger partial charge is 0.383 e. The van der Waals surface area contributed by atoms with E-state index in [0.29, 0.717) is 13.2 Å². The van der Waals surface area contributed by atoms with Crippen LogP contribution in [-0.4, -0.2) is 39.9 Å². The Morgan fingerprint density at radius 1 is 1.28 bits per heavy atom. The number of pyridine rings is 1. The zero-order valence-corrected chi connectivity index (χ0v) is 15.0. The topological polar surface area (TPSA) is 63.1 Å². The van der Waals surface area contributed by atoms with Gasteiger partial charge in [0.05, 0.1) is 12.8 Å². The number of benzene rings is 1. The molecule has 2 aromatic heterocycles. The van der Waals surface area contributed by atoms with Gasteiger partial charge in [0.2, 0.25) is 0 Å². The van der Waals surface area contributed by atoms with Gasteiger partial charge in [0.15, 0.2) is 5.43 Å². The molecule has 0 aliphatic carbocycles. The fourth-order valence-electron chi connectivity index (χ4n) is 2.99. The second kappa shape index (κ2) is 7.63. The van der Waals surface area contributed by atoms with Crippen molar-refractivity contribution < 1.29 is 4.74 Å². The number of methoxy groups -OCH3 is 1. The van der Waals surface area contributed by atoms with Gasteiger partial charge in [-0.2, -0.15) is 5.10 Å². The smallest absolute Gasteiger partial charge is 0.189 e. The summed E-state index contributed by atoms with van der Waals surface area (Å²) in [6, 6.07) is 7.61. The lowest BCUT2D eigenvalue weighted by molar-refractivity contribution is 0.139. The molecular formula is C19H24N4O2. The number of aryl methyl sites for hydroxylation is 2. The van der Waals surface area contributed by atoms with Crippen molar-refractivity contribution in [1.82, 2.24) is 19.7 Å². The summed E-state index contributed by atoms with van der Waals surface area (Å²) in [7, 11) is 3.61. The first kappa shape index (κ1) is 17.4. The standard InChI is InChI=1S/C19H24N4O2/c1-14-4-5-18-17(8-14)19(24)9-16(21-18)13-23(6-7-25-3)12-15-10-20-22(2)11-15/h4-5,8-11H,6-7,12-13H2,1-3H3,(H,21,24). The molecule has 0 aliphatic rings. The van der Waals surface area contributed by atoms with E-state index in [1.165, 1.54) is 0 Å². The summed E-state index contributed by atoms with van der Waals surface area (Å²) in [5.74, 6) is 0. The van der Waals surface area contributed by atoms with E-state index in [1.807, 2.05) is 44.6 Å². The van der Waals surface area contributed by atoms with E-state index in [-0.39, 0.29) is 5.43 Å². The predicted molar refractivity (Wildman–Crippen MR) is 98.5 cm³/mol. The van der Waals surface area contributed by atoms with Crippen LogP contribution in [0.5, 0.6) is 0 Å². The second-order valence-corrected chi connectivity index (χ2v) is 6.43. The number of nitrogens with zero attached hydrogens (tertiary/aromatic N) is 3. The van der Waals surface area contributed by atoms with E-state index in [1.54, 1.807) is 17.9 Å². The number of aromatic amines is 1. The maximum atomic E-state index is 12.4. The minimum atomic E-state index is 0.0560. The minimum absolute atomic E-state index is 0.0560. The van der Waals surface area contributed by atoms with Crippen molar-refractivity contribution >= 4 is 10.9 Å². The number of H-pyrrole nitrogens is 1. The number of nitrogens with one attached hydrogen (secondary N) is 1. The van der Waals surface area contributed by atoms with Gasteiger partial charge in [-0.3, -0.25) is 14.4 Å². The Balaban J connectivity index is 1.84. The van der Waals surface area contributed by atoms with Crippen LogP contribution in [0.25, 0.3) is 10.9 Å². The highest BCUT2D eigenvalue weighted by atomic mass is 16.5. The first-order valence-electron chi connectivity index (χ1n) is 8.36. The Morgan fingerprint density at radius 3 is 2.84 bits per heavy atom. The highest BCUT2D eigenvalue weighted by Gasteiger charge is 2.10. The van der Waals surface area contributed by atoms with E-state index < -0.39 is 0 Å². The summed E-state index contributed by atoms with van der Waals surface area (Å²) in [6.45, 7) is 4.81. The molecule has 0 spiro atoms. The van der Waals surface area contributed by atoms with Gasteiger partial charge < -0.3 is 9.72 Å². The number of hydrogen-bond donors (Lipinski definition) is 1. The van der Waals surface area contributed by atoms with Gasteiger partial charge in [0.25, 0.3) is 0 Å². The third-order valence-electron chi connectivity index (χ3n) is 4.21. The Bertz CT molecular complexity index is 913. The lowest BCUT2D eigenvalue weighted by Crippen LogP contribution is -2.27. The summed E-state index contributed by atoms with van der Waals surface area (Å²) in [5, 5.41) is 4.96. The van der Waals surface area contributed by atoms with E-state index >= 15 is 0 Å². The van der Waals surface area contributed by atoms with E-state index in [4.69, 9.17) is 4.74 Å². The molecule has 0 unspecified atom stereocenters. The van der Waals surface area contributed by atoms with Gasteiger partial charge in [-0.05, 0) is 19.1 Å². The molecule has 0 amide bonds. The van der Waals surface area contributed by atoms with Crippen molar-refractivity contribution in [3.63, 3.8) is 0 Å². The van der Waals surface area contributed by atoms with Gasteiger partial charge >= 0.3 is 0 Å². The number of fused-ring (bicyclic) bond motifs is 1. The van der Waals surface area contributed by atoms with Crippen molar-refractivity contribution in [2.45, 2.75) is 20.0 Å². The lowest BCUT2D eigenvalue weighted by Gasteiger charge is -2.21. The lowest BCUT2D eigenvalue weighted by atomic mass is 10.1. The molecule has 0 saturated heterocycles. The Hall–Kier alpha value is -2.44. The summed E-state index contributed by atoms with van der Waals surface area (Å²) in [6.07, 6.45) is 3.87. The average molecular weight is 340 g/mol. The molecule has 0 fully saturated rings. The fourth-order valence-corrected chi connectivity index (χ4v) is 2.99. The van der Waals surface area contributed by atoms with Gasteiger partial charge in [0.1, 0.15) is 0 Å². The summed E-state index contributed by atoms with van der Waals surface area (Å²) in [5.41, 5.74) is 4.06. The molecule has 132 valence electrons. The molecule has 0 saturated carbocycles. The van der Waals surface area contributed by atoms with Crippen molar-refractivity contribution in [2.24, 2.45) is 7.05 Å². The molecular weight excluding hydrogens is 316 g/mol. The number of rotatable bonds is 7. The quantitative estimate of drug-likeness (QED) is 0.716. The summed E-state index contributed by atoms with van der Waals surface area (Å²) >= 11 is 0. The van der Waals surface area contributed by atoms with E-state index in [9.17, 15) is 4.79 Å². The molecule has 1 aromatic carbocycles. The number of ether oxygens (including phenoxy) is 1. The molecule has 25 heavy (non-hydrogen) atoms. The maximum Gasteiger partial charge on any atom is 0.189 e. The first-order valence-corrected chi connectivity index (χ1v) is 8.36. The fraction of sp³-hybridized carbons (Fsp3) is 0.368. The first-order chi connectivity index (χ1) is 12.0. The van der Waals surface area contributed by atoms with Crippen molar-refractivity contribution in [3.05, 3.63) is 63.7 Å². The zero-order valence-electron chi connectivity index (χ0n) is 15.0. The molecule has 1 N–H and O–H groups in total. The molecule has 3 aromatic rings. The molecule has 3 rings (SSSR count). The van der Waals surface area contributed by atoms with Crippen molar-refractivity contribution in [2.75, 3.05) is 20.3 Å². The molecule has 6 nitrogen and oxygen atoms in total. The zero-order chi connectivity index (χ0) is 17.8. The normalized spacial score (nSPS) is 11.5. The van der Waals surface area contributed by atoms with Crippen LogP contribution in [0.4, 0.5) is 0 Å². The second-order valence-electron chi connectivity index (χ2n) is 6.43. The van der Waals surface area contributed by atoms with Crippen LogP contribution in [0.1, 0.15) is 16.8 Å². The van der Waals surface area contributed by atoms with Crippen LogP contribution < -0.4 is 5.43 Å². The third-order valence-corrected chi connectivity index (χ3v) is 4.21.